The van der Waals surface area contributed by atoms with E-state index in [1.807, 2.05) is 36.0 Å². The van der Waals surface area contributed by atoms with Crippen LogP contribution in [0.25, 0.3) is 0 Å². The predicted octanol–water partition coefficient (Wildman–Crippen LogP) is 3.05. The van der Waals surface area contributed by atoms with Gasteiger partial charge in [0.15, 0.2) is 0 Å². The summed E-state index contributed by atoms with van der Waals surface area (Å²) in [6.07, 6.45) is 2.13. The van der Waals surface area contributed by atoms with Crippen molar-refractivity contribution in [2.75, 3.05) is 44.0 Å². The molecule has 0 spiro atoms. The average Bonchev–Trinajstić information content (AvgIpc) is 2.29. The van der Waals surface area contributed by atoms with Crippen LogP contribution >= 0.6 is 23.4 Å². The molecule has 4 heteroatoms. The lowest BCUT2D eigenvalue weighted by Crippen LogP contribution is -2.27. The van der Waals surface area contributed by atoms with Gasteiger partial charge in [0.25, 0.3) is 0 Å². The van der Waals surface area contributed by atoms with Crippen LogP contribution in [0.2, 0.25) is 5.02 Å². The van der Waals surface area contributed by atoms with Gasteiger partial charge in [0, 0.05) is 25.4 Å². The van der Waals surface area contributed by atoms with Gasteiger partial charge in [-0.15, -0.1) is 0 Å². The molecule has 16 heavy (non-hydrogen) atoms. The highest BCUT2D eigenvalue weighted by atomic mass is 35.5. The van der Waals surface area contributed by atoms with Gasteiger partial charge in [-0.2, -0.15) is 11.8 Å². The summed E-state index contributed by atoms with van der Waals surface area (Å²) in [5.41, 5.74) is 1.02. The van der Waals surface area contributed by atoms with Crippen molar-refractivity contribution in [2.45, 2.75) is 0 Å². The van der Waals surface area contributed by atoms with E-state index in [-0.39, 0.29) is 0 Å². The fraction of sp³-hybridized carbons (Fsp3) is 0.500. The first-order valence-corrected chi connectivity index (χ1v) is 7.17. The lowest BCUT2D eigenvalue weighted by atomic mass is 10.3. The Kier molecular flexibility index (Phi) is 6.69. The molecule has 0 aliphatic heterocycles. The second-order valence-corrected chi connectivity index (χ2v) is 5.10. The number of anilines is 1. The number of thioether (sulfide) groups is 1. The van der Waals surface area contributed by atoms with Crippen LogP contribution in [0.15, 0.2) is 24.3 Å². The molecule has 0 unspecified atom stereocenters. The zero-order valence-electron chi connectivity index (χ0n) is 9.87. The number of rotatable bonds is 7. The van der Waals surface area contributed by atoms with E-state index in [4.69, 9.17) is 11.6 Å². The lowest BCUT2D eigenvalue weighted by Gasteiger charge is -2.16. The van der Waals surface area contributed by atoms with Gasteiger partial charge in [-0.1, -0.05) is 23.7 Å². The van der Waals surface area contributed by atoms with Gasteiger partial charge in [-0.05, 0) is 25.4 Å². The number of likely N-dealkylation sites (N-methyl/N-ethyl adjacent to an activating group) is 1. The maximum Gasteiger partial charge on any atom is 0.0637 e. The first-order chi connectivity index (χ1) is 7.74. The Labute approximate surface area is 107 Å². The molecule has 0 saturated heterocycles. The molecule has 0 aliphatic carbocycles. The second kappa shape index (κ2) is 7.82. The minimum atomic E-state index is 0.786. The maximum atomic E-state index is 6.04. The topological polar surface area (TPSA) is 15.3 Å². The molecule has 1 aromatic rings. The summed E-state index contributed by atoms with van der Waals surface area (Å²) in [5.74, 6) is 1.18. The third-order valence-electron chi connectivity index (χ3n) is 2.36. The summed E-state index contributed by atoms with van der Waals surface area (Å²) in [5, 5.41) is 4.13. The number of halogens is 1. The van der Waals surface area contributed by atoms with Crippen LogP contribution in [0.3, 0.4) is 0 Å². The molecule has 0 fully saturated rings. The molecular formula is C12H19ClN2S. The minimum Gasteiger partial charge on any atom is -0.383 e. The van der Waals surface area contributed by atoms with E-state index in [1.165, 1.54) is 5.75 Å². The first kappa shape index (κ1) is 13.7. The smallest absolute Gasteiger partial charge is 0.0637 e. The molecule has 0 bridgehead atoms. The number of nitrogens with zero attached hydrogens (tertiary/aromatic N) is 1. The second-order valence-electron chi connectivity index (χ2n) is 3.70. The summed E-state index contributed by atoms with van der Waals surface area (Å²) in [6, 6.07) is 7.84. The number of hydrogen-bond donors (Lipinski definition) is 1. The summed E-state index contributed by atoms with van der Waals surface area (Å²) in [4.78, 5) is 2.32. The van der Waals surface area contributed by atoms with Crippen LogP contribution in [0.4, 0.5) is 5.69 Å². The monoisotopic (exact) mass is 258 g/mol. The van der Waals surface area contributed by atoms with Gasteiger partial charge in [0.1, 0.15) is 0 Å². The lowest BCUT2D eigenvalue weighted by molar-refractivity contribution is 0.370. The van der Waals surface area contributed by atoms with Crippen molar-refractivity contribution < 1.29 is 0 Å². The van der Waals surface area contributed by atoms with E-state index in [0.29, 0.717) is 0 Å². The highest BCUT2D eigenvalue weighted by molar-refractivity contribution is 7.98. The SMILES string of the molecule is CSCCN(C)CCNc1ccccc1Cl. The fourth-order valence-corrected chi connectivity index (χ4v) is 2.04. The molecule has 1 N–H and O–H groups in total. The zero-order valence-corrected chi connectivity index (χ0v) is 11.4. The van der Waals surface area contributed by atoms with Gasteiger partial charge < -0.3 is 10.2 Å². The van der Waals surface area contributed by atoms with Gasteiger partial charge in [-0.25, -0.2) is 0 Å². The average molecular weight is 259 g/mol. The number of para-hydroxylation sites is 1. The van der Waals surface area contributed by atoms with Gasteiger partial charge in [0.05, 0.1) is 10.7 Å². The fourth-order valence-electron chi connectivity index (χ4n) is 1.34. The van der Waals surface area contributed by atoms with Gasteiger partial charge >= 0.3 is 0 Å². The summed E-state index contributed by atoms with van der Waals surface area (Å²) >= 11 is 7.92. The van der Waals surface area contributed by atoms with Crippen molar-refractivity contribution in [3.05, 3.63) is 29.3 Å². The van der Waals surface area contributed by atoms with Crippen molar-refractivity contribution in [3.63, 3.8) is 0 Å². The number of benzene rings is 1. The maximum absolute atomic E-state index is 6.04. The molecule has 0 amide bonds. The third-order valence-corrected chi connectivity index (χ3v) is 3.28. The standard InChI is InChI=1S/C12H19ClN2S/c1-15(9-10-16-2)8-7-14-12-6-4-3-5-11(12)13/h3-6,14H,7-10H2,1-2H3. The molecule has 90 valence electrons. The molecular weight excluding hydrogens is 240 g/mol. The van der Waals surface area contributed by atoms with Crippen molar-refractivity contribution in [2.24, 2.45) is 0 Å². The summed E-state index contributed by atoms with van der Waals surface area (Å²) in [7, 11) is 2.14. The van der Waals surface area contributed by atoms with Crippen LogP contribution in [0, 0.1) is 0 Å². The van der Waals surface area contributed by atoms with Crippen LogP contribution < -0.4 is 5.32 Å². The van der Waals surface area contributed by atoms with Crippen molar-refractivity contribution in [1.29, 1.82) is 0 Å². The summed E-state index contributed by atoms with van der Waals surface area (Å²) < 4.78 is 0. The number of nitrogens with one attached hydrogen (secondary N) is 1. The Hall–Kier alpha value is -0.380. The highest BCUT2D eigenvalue weighted by Crippen LogP contribution is 2.19. The highest BCUT2D eigenvalue weighted by Gasteiger charge is 1.99. The number of hydrogen-bond acceptors (Lipinski definition) is 3. The van der Waals surface area contributed by atoms with Gasteiger partial charge in [-0.3, -0.25) is 0 Å². The van der Waals surface area contributed by atoms with E-state index in [0.717, 1.165) is 30.3 Å². The normalized spacial score (nSPS) is 10.8. The Bertz CT molecular complexity index is 307. The van der Waals surface area contributed by atoms with Crippen LogP contribution in [-0.2, 0) is 0 Å². The predicted molar refractivity (Wildman–Crippen MR) is 75.8 cm³/mol. The van der Waals surface area contributed by atoms with E-state index in [2.05, 4.69) is 23.5 Å². The Morgan fingerprint density at radius 1 is 1.31 bits per heavy atom. The molecule has 1 rings (SSSR count). The molecule has 0 atom stereocenters. The zero-order chi connectivity index (χ0) is 11.8. The molecule has 2 nitrogen and oxygen atoms in total. The first-order valence-electron chi connectivity index (χ1n) is 5.40. The van der Waals surface area contributed by atoms with E-state index < -0.39 is 0 Å². The molecule has 0 aromatic heterocycles. The van der Waals surface area contributed by atoms with Crippen LogP contribution in [0.1, 0.15) is 0 Å². The van der Waals surface area contributed by atoms with Gasteiger partial charge in [0.2, 0.25) is 0 Å². The van der Waals surface area contributed by atoms with Crippen LogP contribution in [0.5, 0.6) is 0 Å². The molecule has 0 saturated carbocycles. The van der Waals surface area contributed by atoms with Crippen LogP contribution in [-0.4, -0.2) is 43.6 Å². The van der Waals surface area contributed by atoms with Crippen molar-refractivity contribution >= 4 is 29.1 Å². The molecule has 0 aliphatic rings. The van der Waals surface area contributed by atoms with Crippen molar-refractivity contribution in [3.8, 4) is 0 Å². The van der Waals surface area contributed by atoms with E-state index in [1.54, 1.807) is 0 Å². The van der Waals surface area contributed by atoms with E-state index in [9.17, 15) is 0 Å². The minimum absolute atomic E-state index is 0.786. The largest absolute Gasteiger partial charge is 0.383 e. The summed E-state index contributed by atoms with van der Waals surface area (Å²) in [6.45, 7) is 3.09. The Morgan fingerprint density at radius 3 is 2.75 bits per heavy atom. The molecule has 0 heterocycles. The third kappa shape index (κ3) is 5.10. The Morgan fingerprint density at radius 2 is 2.06 bits per heavy atom. The quantitative estimate of drug-likeness (QED) is 0.809. The molecule has 1 aromatic carbocycles. The van der Waals surface area contributed by atoms with E-state index >= 15 is 0 Å². The van der Waals surface area contributed by atoms with Crippen molar-refractivity contribution in [1.82, 2.24) is 4.90 Å². The Balaban J connectivity index is 2.23. The molecule has 0 radical (unpaired) electrons.